The lowest BCUT2D eigenvalue weighted by molar-refractivity contribution is 0.0370. The van der Waals surface area contributed by atoms with Gasteiger partial charge in [0.1, 0.15) is 0 Å². The van der Waals surface area contributed by atoms with Crippen molar-refractivity contribution in [2.75, 3.05) is 32.8 Å². The quantitative estimate of drug-likeness (QED) is 0.747. The molecule has 1 aromatic rings. The number of carbonyl (C=O) groups is 1. The summed E-state index contributed by atoms with van der Waals surface area (Å²) in [5.74, 6) is 0.247. The SMILES string of the molecule is CCc1cccc(C(=O)CCN2CCOCC2)c1. The summed E-state index contributed by atoms with van der Waals surface area (Å²) in [5, 5.41) is 0. The molecule has 1 fully saturated rings. The highest BCUT2D eigenvalue weighted by Crippen LogP contribution is 2.09. The number of morpholine rings is 1. The minimum atomic E-state index is 0.247. The van der Waals surface area contributed by atoms with Crippen molar-refractivity contribution in [1.29, 1.82) is 0 Å². The van der Waals surface area contributed by atoms with E-state index in [0.717, 1.165) is 44.8 Å². The average Bonchev–Trinajstić information content (AvgIpc) is 2.46. The maximum atomic E-state index is 12.1. The number of carbonyl (C=O) groups excluding carboxylic acids is 1. The monoisotopic (exact) mass is 247 g/mol. The second-order valence-corrected chi connectivity index (χ2v) is 4.68. The van der Waals surface area contributed by atoms with Crippen LogP contribution >= 0.6 is 0 Å². The van der Waals surface area contributed by atoms with Crippen LogP contribution in [0.1, 0.15) is 29.3 Å². The molecule has 1 aromatic carbocycles. The highest BCUT2D eigenvalue weighted by Gasteiger charge is 2.13. The largest absolute Gasteiger partial charge is 0.379 e. The van der Waals surface area contributed by atoms with Gasteiger partial charge in [0.25, 0.3) is 0 Å². The molecule has 1 aliphatic heterocycles. The molecule has 1 heterocycles. The number of ketones is 1. The lowest BCUT2D eigenvalue weighted by Crippen LogP contribution is -2.37. The van der Waals surface area contributed by atoms with Crippen molar-refractivity contribution in [1.82, 2.24) is 4.90 Å². The molecule has 0 radical (unpaired) electrons. The summed E-state index contributed by atoms with van der Waals surface area (Å²) >= 11 is 0. The highest BCUT2D eigenvalue weighted by atomic mass is 16.5. The summed E-state index contributed by atoms with van der Waals surface area (Å²) < 4.78 is 5.29. The standard InChI is InChI=1S/C15H21NO2/c1-2-13-4-3-5-14(12-13)15(17)6-7-16-8-10-18-11-9-16/h3-5,12H,2,6-11H2,1H3. The van der Waals surface area contributed by atoms with E-state index in [-0.39, 0.29) is 5.78 Å². The van der Waals surface area contributed by atoms with E-state index in [1.807, 2.05) is 18.2 Å². The fourth-order valence-corrected chi connectivity index (χ4v) is 2.19. The van der Waals surface area contributed by atoms with Crippen LogP contribution in [0.15, 0.2) is 24.3 Å². The number of benzene rings is 1. The fraction of sp³-hybridized carbons (Fsp3) is 0.533. The molecule has 3 nitrogen and oxygen atoms in total. The van der Waals surface area contributed by atoms with Crippen LogP contribution in [0.5, 0.6) is 0 Å². The Kier molecular flexibility index (Phi) is 4.90. The Morgan fingerprint density at radius 2 is 2.11 bits per heavy atom. The second-order valence-electron chi connectivity index (χ2n) is 4.68. The summed E-state index contributed by atoms with van der Waals surface area (Å²) in [6.45, 7) is 6.43. The Hall–Kier alpha value is -1.19. The van der Waals surface area contributed by atoms with Crippen LogP contribution in [-0.4, -0.2) is 43.5 Å². The molecule has 0 amide bonds. The van der Waals surface area contributed by atoms with Crippen LogP contribution < -0.4 is 0 Å². The minimum absolute atomic E-state index is 0.247. The van der Waals surface area contributed by atoms with Gasteiger partial charge in [-0.2, -0.15) is 0 Å². The molecule has 0 unspecified atom stereocenters. The zero-order valence-electron chi connectivity index (χ0n) is 11.0. The molecule has 3 heteroatoms. The van der Waals surface area contributed by atoms with Gasteiger partial charge in [0, 0.05) is 31.6 Å². The molecule has 0 spiro atoms. The van der Waals surface area contributed by atoms with Gasteiger partial charge in [-0.1, -0.05) is 25.1 Å². The smallest absolute Gasteiger partial charge is 0.164 e. The van der Waals surface area contributed by atoms with Gasteiger partial charge in [-0.05, 0) is 18.1 Å². The third-order valence-electron chi connectivity index (χ3n) is 3.42. The van der Waals surface area contributed by atoms with Gasteiger partial charge in [0.05, 0.1) is 13.2 Å². The Balaban J connectivity index is 1.86. The number of nitrogens with zero attached hydrogens (tertiary/aromatic N) is 1. The van der Waals surface area contributed by atoms with Gasteiger partial charge in [-0.25, -0.2) is 0 Å². The van der Waals surface area contributed by atoms with E-state index in [4.69, 9.17) is 4.74 Å². The molecular formula is C15H21NO2. The van der Waals surface area contributed by atoms with Gasteiger partial charge in [0.15, 0.2) is 5.78 Å². The van der Waals surface area contributed by atoms with E-state index in [9.17, 15) is 4.79 Å². The highest BCUT2D eigenvalue weighted by molar-refractivity contribution is 5.96. The third kappa shape index (κ3) is 3.65. The van der Waals surface area contributed by atoms with E-state index >= 15 is 0 Å². The predicted octanol–water partition coefficient (Wildman–Crippen LogP) is 2.15. The second kappa shape index (κ2) is 6.66. The van der Waals surface area contributed by atoms with Crippen molar-refractivity contribution in [2.45, 2.75) is 19.8 Å². The first-order chi connectivity index (χ1) is 8.79. The van der Waals surface area contributed by atoms with E-state index in [2.05, 4.69) is 17.9 Å². The third-order valence-corrected chi connectivity index (χ3v) is 3.42. The van der Waals surface area contributed by atoms with Crippen molar-refractivity contribution in [3.63, 3.8) is 0 Å². The van der Waals surface area contributed by atoms with Crippen LogP contribution in [0.4, 0.5) is 0 Å². The normalized spacial score (nSPS) is 16.7. The molecule has 98 valence electrons. The molecular weight excluding hydrogens is 226 g/mol. The maximum absolute atomic E-state index is 12.1. The van der Waals surface area contributed by atoms with Gasteiger partial charge in [0.2, 0.25) is 0 Å². The van der Waals surface area contributed by atoms with Crippen molar-refractivity contribution < 1.29 is 9.53 Å². The number of Topliss-reactive ketones (excluding diaryl/α,β-unsaturated/α-hetero) is 1. The fourth-order valence-electron chi connectivity index (χ4n) is 2.19. The van der Waals surface area contributed by atoms with Gasteiger partial charge >= 0.3 is 0 Å². The molecule has 1 saturated heterocycles. The van der Waals surface area contributed by atoms with E-state index < -0.39 is 0 Å². The molecule has 0 N–H and O–H groups in total. The molecule has 18 heavy (non-hydrogen) atoms. The molecule has 2 rings (SSSR count). The number of hydrogen-bond donors (Lipinski definition) is 0. The van der Waals surface area contributed by atoms with Gasteiger partial charge in [-0.15, -0.1) is 0 Å². The molecule has 1 aliphatic rings. The summed E-state index contributed by atoms with van der Waals surface area (Å²) in [7, 11) is 0. The van der Waals surface area contributed by atoms with E-state index in [1.165, 1.54) is 5.56 Å². The predicted molar refractivity (Wildman–Crippen MR) is 72.0 cm³/mol. The van der Waals surface area contributed by atoms with Crippen LogP contribution in [-0.2, 0) is 11.2 Å². The lowest BCUT2D eigenvalue weighted by Gasteiger charge is -2.26. The first-order valence-electron chi connectivity index (χ1n) is 6.72. The maximum Gasteiger partial charge on any atom is 0.164 e. The van der Waals surface area contributed by atoms with Crippen molar-refractivity contribution in [2.24, 2.45) is 0 Å². The Labute approximate surface area is 109 Å². The Morgan fingerprint density at radius 1 is 1.33 bits per heavy atom. The van der Waals surface area contributed by atoms with E-state index in [1.54, 1.807) is 0 Å². The molecule has 0 saturated carbocycles. The van der Waals surface area contributed by atoms with Crippen LogP contribution in [0.2, 0.25) is 0 Å². The number of ether oxygens (including phenoxy) is 1. The molecule has 0 aliphatic carbocycles. The molecule has 0 atom stereocenters. The summed E-state index contributed by atoms with van der Waals surface area (Å²) in [4.78, 5) is 14.4. The minimum Gasteiger partial charge on any atom is -0.379 e. The van der Waals surface area contributed by atoms with Crippen molar-refractivity contribution in [3.8, 4) is 0 Å². The zero-order valence-corrected chi connectivity index (χ0v) is 11.0. The van der Waals surface area contributed by atoms with Crippen LogP contribution in [0.25, 0.3) is 0 Å². The average molecular weight is 247 g/mol. The summed E-state index contributed by atoms with van der Waals surface area (Å²) in [6.07, 6.45) is 1.58. The van der Waals surface area contributed by atoms with Gasteiger partial charge < -0.3 is 4.74 Å². The number of hydrogen-bond acceptors (Lipinski definition) is 3. The Morgan fingerprint density at radius 3 is 2.83 bits per heavy atom. The zero-order chi connectivity index (χ0) is 12.8. The van der Waals surface area contributed by atoms with Crippen molar-refractivity contribution in [3.05, 3.63) is 35.4 Å². The lowest BCUT2D eigenvalue weighted by atomic mass is 10.0. The van der Waals surface area contributed by atoms with Crippen LogP contribution in [0, 0.1) is 0 Å². The number of rotatable bonds is 5. The first-order valence-corrected chi connectivity index (χ1v) is 6.72. The number of aryl methyl sites for hydroxylation is 1. The van der Waals surface area contributed by atoms with Crippen molar-refractivity contribution >= 4 is 5.78 Å². The van der Waals surface area contributed by atoms with Gasteiger partial charge in [-0.3, -0.25) is 9.69 Å². The topological polar surface area (TPSA) is 29.5 Å². The Bertz CT molecular complexity index is 397. The first kappa shape index (κ1) is 13.2. The molecule has 0 aromatic heterocycles. The summed E-state index contributed by atoms with van der Waals surface area (Å²) in [5.41, 5.74) is 2.08. The van der Waals surface area contributed by atoms with Crippen LogP contribution in [0.3, 0.4) is 0 Å². The summed E-state index contributed by atoms with van der Waals surface area (Å²) in [6, 6.07) is 7.97. The molecule has 0 bridgehead atoms. The van der Waals surface area contributed by atoms with E-state index in [0.29, 0.717) is 6.42 Å².